The van der Waals surface area contributed by atoms with Gasteiger partial charge in [-0.1, -0.05) is 92.3 Å². The van der Waals surface area contributed by atoms with Crippen molar-refractivity contribution in [2.75, 3.05) is 7.11 Å². The largest absolute Gasteiger partial charge is 0.465 e. The Hall–Kier alpha value is -3.39. The summed E-state index contributed by atoms with van der Waals surface area (Å²) >= 11 is 0. The summed E-state index contributed by atoms with van der Waals surface area (Å²) in [7, 11) is 1.43. The van der Waals surface area contributed by atoms with Crippen molar-refractivity contribution in [1.29, 1.82) is 0 Å². The Labute approximate surface area is 186 Å². The van der Waals surface area contributed by atoms with Crippen molar-refractivity contribution in [3.8, 4) is 0 Å². The number of carbonyl (C=O) groups excluding carboxylic acids is 1. The summed E-state index contributed by atoms with van der Waals surface area (Å²) < 4.78 is 5.11. The minimum absolute atomic E-state index is 0.314. The van der Waals surface area contributed by atoms with Crippen molar-refractivity contribution in [1.82, 2.24) is 0 Å². The highest BCUT2D eigenvalue weighted by atomic mass is 16.5. The molecule has 0 bridgehead atoms. The van der Waals surface area contributed by atoms with Gasteiger partial charge in [-0.25, -0.2) is 4.79 Å². The third-order valence-electron chi connectivity index (χ3n) is 5.50. The zero-order valence-electron chi connectivity index (χ0n) is 18.8. The first-order chi connectivity index (χ1) is 15.0. The molecule has 2 heteroatoms. The van der Waals surface area contributed by atoms with Crippen molar-refractivity contribution in [3.63, 3.8) is 0 Å². The molecule has 1 aromatic carbocycles. The second-order valence-electron chi connectivity index (χ2n) is 7.72. The molecule has 0 heterocycles. The first-order valence-corrected chi connectivity index (χ1v) is 10.8. The van der Waals surface area contributed by atoms with Gasteiger partial charge >= 0.3 is 5.97 Å². The Morgan fingerprint density at radius 1 is 1.00 bits per heavy atom. The lowest BCUT2D eigenvalue weighted by Crippen LogP contribution is -2.09. The van der Waals surface area contributed by atoms with Gasteiger partial charge in [0.2, 0.25) is 0 Å². The van der Waals surface area contributed by atoms with Gasteiger partial charge in [-0.2, -0.15) is 0 Å². The van der Waals surface area contributed by atoms with Gasteiger partial charge in [0, 0.05) is 0 Å². The van der Waals surface area contributed by atoms with Crippen LogP contribution in [0.4, 0.5) is 0 Å². The van der Waals surface area contributed by atoms with Crippen LogP contribution in [0.25, 0.3) is 6.08 Å². The molecule has 31 heavy (non-hydrogen) atoms. The normalized spacial score (nSPS) is 16.7. The summed E-state index contributed by atoms with van der Waals surface area (Å²) in [5, 5.41) is 0. The molecular formula is C29H30O2. The predicted molar refractivity (Wildman–Crippen MR) is 130 cm³/mol. The van der Waals surface area contributed by atoms with E-state index in [4.69, 9.17) is 4.74 Å². The van der Waals surface area contributed by atoms with Crippen LogP contribution < -0.4 is 0 Å². The van der Waals surface area contributed by atoms with E-state index in [-0.39, 0.29) is 5.97 Å². The van der Waals surface area contributed by atoms with Gasteiger partial charge in [-0.3, -0.25) is 0 Å². The number of benzene rings is 1. The van der Waals surface area contributed by atoms with Gasteiger partial charge in [0.05, 0.1) is 12.7 Å². The molecule has 2 nitrogen and oxygen atoms in total. The lowest BCUT2D eigenvalue weighted by atomic mass is 9.89. The summed E-state index contributed by atoms with van der Waals surface area (Å²) in [6, 6.07) is 10.2. The van der Waals surface area contributed by atoms with Crippen molar-refractivity contribution in [2.24, 2.45) is 0 Å². The second-order valence-corrected chi connectivity index (χ2v) is 7.72. The molecule has 2 aliphatic rings. The Kier molecular flexibility index (Phi) is 7.61. The topological polar surface area (TPSA) is 26.3 Å². The van der Waals surface area contributed by atoms with Crippen molar-refractivity contribution < 1.29 is 9.53 Å². The number of methoxy groups -OCH3 is 1. The van der Waals surface area contributed by atoms with Crippen LogP contribution in [0.5, 0.6) is 0 Å². The number of allylic oxidation sites excluding steroid dienone is 13. The van der Waals surface area contributed by atoms with Crippen molar-refractivity contribution >= 4 is 12.0 Å². The van der Waals surface area contributed by atoms with Gasteiger partial charge in [-0.05, 0) is 65.3 Å². The van der Waals surface area contributed by atoms with Crippen LogP contribution in [0.3, 0.4) is 0 Å². The maximum Gasteiger partial charge on any atom is 0.338 e. The van der Waals surface area contributed by atoms with Crippen LogP contribution in [0, 0.1) is 0 Å². The fourth-order valence-corrected chi connectivity index (χ4v) is 3.82. The van der Waals surface area contributed by atoms with E-state index in [1.165, 1.54) is 12.7 Å². The van der Waals surface area contributed by atoms with Gasteiger partial charge in [0.15, 0.2) is 0 Å². The standard InChI is InChI=1S/C29H30O2/c1-5-11-24-17-16-21(2)28-26(29(30)31-4)19-18-25(22(3)27(28)20-24)15-10-9-14-23-12-7-6-8-13-23/h6-10,12-20H,5,11H2,1-4H3/b14-9?,15-10+. The van der Waals surface area contributed by atoms with E-state index in [1.807, 2.05) is 42.5 Å². The number of esters is 1. The molecule has 0 spiro atoms. The molecule has 0 aromatic heterocycles. The van der Waals surface area contributed by atoms with Crippen LogP contribution in [0.15, 0.2) is 118 Å². The minimum Gasteiger partial charge on any atom is -0.465 e. The third kappa shape index (κ3) is 5.40. The molecule has 0 fully saturated rings. The smallest absolute Gasteiger partial charge is 0.338 e. The highest BCUT2D eigenvalue weighted by Gasteiger charge is 2.24. The summed E-state index contributed by atoms with van der Waals surface area (Å²) in [6.07, 6.45) is 20.7. The molecule has 0 radical (unpaired) electrons. The predicted octanol–water partition coefficient (Wildman–Crippen LogP) is 7.22. The molecule has 2 aliphatic carbocycles. The van der Waals surface area contributed by atoms with E-state index in [0.29, 0.717) is 5.57 Å². The monoisotopic (exact) mass is 410 g/mol. The first-order valence-electron chi connectivity index (χ1n) is 10.8. The Morgan fingerprint density at radius 2 is 1.74 bits per heavy atom. The van der Waals surface area contributed by atoms with E-state index < -0.39 is 0 Å². The maximum atomic E-state index is 12.6. The van der Waals surface area contributed by atoms with Crippen LogP contribution in [0.2, 0.25) is 0 Å². The summed E-state index contributed by atoms with van der Waals surface area (Å²) in [5.74, 6) is -0.314. The van der Waals surface area contributed by atoms with Crippen molar-refractivity contribution in [2.45, 2.75) is 33.6 Å². The maximum absolute atomic E-state index is 12.6. The Balaban J connectivity index is 2.06. The summed E-state index contributed by atoms with van der Waals surface area (Å²) in [5.41, 5.74) is 8.34. The zero-order valence-corrected chi connectivity index (χ0v) is 18.8. The van der Waals surface area contributed by atoms with E-state index in [1.54, 1.807) is 0 Å². The number of fused-ring (bicyclic) bond motifs is 1. The van der Waals surface area contributed by atoms with Crippen LogP contribution in [-0.2, 0) is 9.53 Å². The quantitative estimate of drug-likeness (QED) is 0.365. The van der Waals surface area contributed by atoms with E-state index >= 15 is 0 Å². The zero-order chi connectivity index (χ0) is 22.2. The molecular weight excluding hydrogens is 380 g/mol. The van der Waals surface area contributed by atoms with Crippen LogP contribution in [0.1, 0.15) is 39.2 Å². The molecule has 0 N–H and O–H groups in total. The minimum atomic E-state index is -0.314. The average Bonchev–Trinajstić information content (AvgIpc) is 3.02. The average molecular weight is 411 g/mol. The SMILES string of the molecule is CCCC1=CC2=C(C)C(/C=C/C=Cc3ccccc3)=CC=C(C(=O)OC)C2=C(C)C=C1. The van der Waals surface area contributed by atoms with Gasteiger partial charge < -0.3 is 4.74 Å². The molecule has 0 unspecified atom stereocenters. The molecule has 0 amide bonds. The second kappa shape index (κ2) is 10.6. The molecule has 0 aliphatic heterocycles. The van der Waals surface area contributed by atoms with E-state index in [9.17, 15) is 4.79 Å². The van der Waals surface area contributed by atoms with Gasteiger partial charge in [-0.15, -0.1) is 0 Å². The number of hydrogen-bond donors (Lipinski definition) is 0. The Bertz CT molecular complexity index is 1080. The molecule has 158 valence electrons. The highest BCUT2D eigenvalue weighted by molar-refractivity contribution is 5.97. The number of ether oxygens (including phenoxy) is 1. The van der Waals surface area contributed by atoms with Crippen LogP contribution in [-0.4, -0.2) is 13.1 Å². The molecule has 0 atom stereocenters. The Morgan fingerprint density at radius 3 is 2.45 bits per heavy atom. The summed E-state index contributed by atoms with van der Waals surface area (Å²) in [4.78, 5) is 12.6. The highest BCUT2D eigenvalue weighted by Crippen LogP contribution is 2.37. The molecule has 0 saturated heterocycles. The first kappa shape index (κ1) is 22.3. The van der Waals surface area contributed by atoms with Crippen molar-refractivity contribution in [3.05, 3.63) is 124 Å². The van der Waals surface area contributed by atoms with Gasteiger partial charge in [0.25, 0.3) is 0 Å². The molecule has 3 rings (SSSR count). The number of carbonyl (C=O) groups is 1. The lowest BCUT2D eigenvalue weighted by Gasteiger charge is -2.15. The summed E-state index contributed by atoms with van der Waals surface area (Å²) in [6.45, 7) is 6.36. The van der Waals surface area contributed by atoms with E-state index in [2.05, 4.69) is 63.3 Å². The number of rotatable bonds is 6. The fraction of sp³-hybridized carbons (Fsp3) is 0.207. The van der Waals surface area contributed by atoms with E-state index in [0.717, 1.165) is 46.3 Å². The van der Waals surface area contributed by atoms with Crippen LogP contribution >= 0.6 is 0 Å². The fourth-order valence-electron chi connectivity index (χ4n) is 3.82. The third-order valence-corrected chi connectivity index (χ3v) is 5.50. The van der Waals surface area contributed by atoms with Gasteiger partial charge in [0.1, 0.15) is 0 Å². The number of hydrogen-bond acceptors (Lipinski definition) is 2. The molecule has 1 aromatic rings. The lowest BCUT2D eigenvalue weighted by molar-refractivity contribution is -0.135. The molecule has 0 saturated carbocycles.